The number of hydrogen-bond donors (Lipinski definition) is 0. The number of esters is 1. The number of carbonyl (C=O) groups is 1. The highest BCUT2D eigenvalue weighted by molar-refractivity contribution is 6.30. The summed E-state index contributed by atoms with van der Waals surface area (Å²) in [6, 6.07) is 8.88. The van der Waals surface area contributed by atoms with Crippen molar-refractivity contribution >= 4 is 28.6 Å². The first-order valence-corrected chi connectivity index (χ1v) is 5.44. The quantitative estimate of drug-likeness (QED) is 0.774. The molecule has 0 radical (unpaired) electrons. The molecule has 0 unspecified atom stereocenters. The Labute approximate surface area is 108 Å². The largest absolute Gasteiger partial charge is 0.468 e. The molecule has 5 nitrogen and oxygen atoms in total. The summed E-state index contributed by atoms with van der Waals surface area (Å²) >= 11 is 5.95. The van der Waals surface area contributed by atoms with Crippen LogP contribution in [0.2, 0.25) is 5.15 Å². The number of carbonyl (C=O) groups excluding carboxylic acids is 1. The van der Waals surface area contributed by atoms with Gasteiger partial charge in [-0.15, -0.1) is 0 Å². The van der Waals surface area contributed by atoms with E-state index < -0.39 is 11.9 Å². The third-order valence-electron chi connectivity index (χ3n) is 2.39. The molecular weight excluding hydrogens is 254 g/mol. The number of methoxy groups -OCH3 is 1. The van der Waals surface area contributed by atoms with Gasteiger partial charge in [0.15, 0.2) is 11.1 Å². The van der Waals surface area contributed by atoms with Crippen molar-refractivity contribution in [2.45, 2.75) is 5.92 Å². The lowest BCUT2D eigenvalue weighted by molar-refractivity contribution is -0.141. The Hall–Kier alpha value is -2.19. The lowest BCUT2D eigenvalue weighted by Crippen LogP contribution is -2.15. The molecule has 0 spiro atoms. The molecule has 0 bridgehead atoms. The zero-order valence-electron chi connectivity index (χ0n) is 9.42. The number of para-hydroxylation sites is 2. The van der Waals surface area contributed by atoms with Gasteiger partial charge in [-0.1, -0.05) is 23.7 Å². The Morgan fingerprint density at radius 1 is 1.39 bits per heavy atom. The molecule has 90 valence electrons. The maximum Gasteiger partial charge on any atom is 0.329 e. The van der Waals surface area contributed by atoms with Crippen molar-refractivity contribution in [3.8, 4) is 6.07 Å². The first-order chi connectivity index (χ1) is 8.67. The lowest BCUT2D eigenvalue weighted by Gasteiger charge is -2.08. The van der Waals surface area contributed by atoms with Crippen LogP contribution >= 0.6 is 11.6 Å². The van der Waals surface area contributed by atoms with Crippen LogP contribution in [-0.2, 0) is 9.53 Å². The number of hydrogen-bond acceptors (Lipinski definition) is 5. The van der Waals surface area contributed by atoms with Crippen molar-refractivity contribution in [1.29, 1.82) is 5.26 Å². The van der Waals surface area contributed by atoms with E-state index in [9.17, 15) is 4.79 Å². The molecular formula is C12H8ClN3O2. The van der Waals surface area contributed by atoms with Gasteiger partial charge < -0.3 is 4.74 Å². The predicted octanol–water partition coefficient (Wildman–Crippen LogP) is 2.06. The van der Waals surface area contributed by atoms with E-state index in [-0.39, 0.29) is 10.8 Å². The molecule has 1 aromatic carbocycles. The molecule has 0 fully saturated rings. The Morgan fingerprint density at radius 3 is 2.56 bits per heavy atom. The molecule has 6 heteroatoms. The highest BCUT2D eigenvalue weighted by Crippen LogP contribution is 2.24. The van der Waals surface area contributed by atoms with Gasteiger partial charge in [0.1, 0.15) is 5.69 Å². The summed E-state index contributed by atoms with van der Waals surface area (Å²) in [7, 11) is 1.20. The number of nitriles is 1. The number of ether oxygens (including phenoxy) is 1. The molecule has 0 aliphatic rings. The van der Waals surface area contributed by atoms with Gasteiger partial charge in [0.05, 0.1) is 24.2 Å². The fourth-order valence-corrected chi connectivity index (χ4v) is 1.76. The molecule has 0 saturated carbocycles. The second kappa shape index (κ2) is 4.98. The average Bonchev–Trinajstić information content (AvgIpc) is 2.39. The molecule has 2 aromatic rings. The van der Waals surface area contributed by atoms with E-state index in [0.29, 0.717) is 11.0 Å². The van der Waals surface area contributed by atoms with E-state index in [0.717, 1.165) is 0 Å². The molecule has 0 aliphatic carbocycles. The lowest BCUT2D eigenvalue weighted by atomic mass is 10.1. The standard InChI is InChI=1S/C12H8ClN3O2/c1-18-12(17)7(6-14)10-11(13)16-9-5-3-2-4-8(9)15-10/h2-5,7H,1H3/t7-/m1/s1. The van der Waals surface area contributed by atoms with Crippen molar-refractivity contribution in [2.24, 2.45) is 0 Å². The van der Waals surface area contributed by atoms with Crippen LogP contribution < -0.4 is 0 Å². The Morgan fingerprint density at radius 2 is 2.00 bits per heavy atom. The van der Waals surface area contributed by atoms with Gasteiger partial charge in [-0.25, -0.2) is 9.97 Å². The van der Waals surface area contributed by atoms with Gasteiger partial charge >= 0.3 is 5.97 Å². The fraction of sp³-hybridized carbons (Fsp3) is 0.167. The van der Waals surface area contributed by atoms with Crippen molar-refractivity contribution < 1.29 is 9.53 Å². The highest BCUT2D eigenvalue weighted by Gasteiger charge is 2.26. The minimum atomic E-state index is -1.17. The van der Waals surface area contributed by atoms with Crippen LogP contribution in [0, 0.1) is 11.3 Å². The van der Waals surface area contributed by atoms with Gasteiger partial charge in [0, 0.05) is 0 Å². The smallest absolute Gasteiger partial charge is 0.329 e. The topological polar surface area (TPSA) is 75.9 Å². The monoisotopic (exact) mass is 261 g/mol. The van der Waals surface area contributed by atoms with Crippen LogP contribution in [-0.4, -0.2) is 23.0 Å². The Bertz CT molecular complexity index is 651. The zero-order valence-corrected chi connectivity index (χ0v) is 10.2. The zero-order chi connectivity index (χ0) is 13.1. The van der Waals surface area contributed by atoms with Gasteiger partial charge in [-0.05, 0) is 12.1 Å². The minimum absolute atomic E-state index is 0.0330. The van der Waals surface area contributed by atoms with E-state index >= 15 is 0 Å². The van der Waals surface area contributed by atoms with Crippen molar-refractivity contribution in [3.63, 3.8) is 0 Å². The molecule has 0 saturated heterocycles. The normalized spacial score (nSPS) is 11.8. The summed E-state index contributed by atoms with van der Waals surface area (Å²) in [6.45, 7) is 0. The van der Waals surface area contributed by atoms with Crippen LogP contribution in [0.25, 0.3) is 11.0 Å². The third-order valence-corrected chi connectivity index (χ3v) is 2.67. The molecule has 0 N–H and O–H groups in total. The fourth-order valence-electron chi connectivity index (χ4n) is 1.52. The maximum absolute atomic E-state index is 11.5. The van der Waals surface area contributed by atoms with Crippen LogP contribution in [0.1, 0.15) is 11.6 Å². The van der Waals surface area contributed by atoms with Crippen molar-refractivity contribution in [2.75, 3.05) is 7.11 Å². The molecule has 0 aliphatic heterocycles. The van der Waals surface area contributed by atoms with Gasteiger partial charge in [0.2, 0.25) is 0 Å². The number of benzene rings is 1. The van der Waals surface area contributed by atoms with Crippen LogP contribution in [0.15, 0.2) is 24.3 Å². The summed E-state index contributed by atoms with van der Waals surface area (Å²) in [5.41, 5.74) is 1.29. The molecule has 0 amide bonds. The third kappa shape index (κ3) is 2.11. The molecule has 1 aromatic heterocycles. The summed E-state index contributed by atoms with van der Waals surface area (Å²) < 4.78 is 4.54. The molecule has 18 heavy (non-hydrogen) atoms. The summed E-state index contributed by atoms with van der Waals surface area (Å²) in [6.07, 6.45) is 0. The van der Waals surface area contributed by atoms with E-state index in [2.05, 4.69) is 14.7 Å². The van der Waals surface area contributed by atoms with Gasteiger partial charge in [-0.2, -0.15) is 5.26 Å². The first-order valence-electron chi connectivity index (χ1n) is 5.07. The highest BCUT2D eigenvalue weighted by atomic mass is 35.5. The maximum atomic E-state index is 11.5. The number of nitrogens with zero attached hydrogens (tertiary/aromatic N) is 3. The number of aromatic nitrogens is 2. The minimum Gasteiger partial charge on any atom is -0.468 e. The molecule has 1 heterocycles. The van der Waals surface area contributed by atoms with E-state index in [4.69, 9.17) is 16.9 Å². The van der Waals surface area contributed by atoms with E-state index in [1.165, 1.54) is 7.11 Å². The van der Waals surface area contributed by atoms with Gasteiger partial charge in [0.25, 0.3) is 0 Å². The average molecular weight is 262 g/mol. The second-order valence-corrected chi connectivity index (χ2v) is 3.83. The second-order valence-electron chi connectivity index (χ2n) is 3.47. The SMILES string of the molecule is COC(=O)[C@H](C#N)c1nc2ccccc2nc1Cl. The van der Waals surface area contributed by atoms with Crippen LogP contribution in [0.4, 0.5) is 0 Å². The van der Waals surface area contributed by atoms with Gasteiger partial charge in [-0.3, -0.25) is 4.79 Å². The summed E-state index contributed by atoms with van der Waals surface area (Å²) in [4.78, 5) is 19.8. The summed E-state index contributed by atoms with van der Waals surface area (Å²) in [5.74, 6) is -1.87. The van der Waals surface area contributed by atoms with E-state index in [1.807, 2.05) is 6.07 Å². The summed E-state index contributed by atoms with van der Waals surface area (Å²) in [5, 5.41) is 9.03. The van der Waals surface area contributed by atoms with Crippen LogP contribution in [0.3, 0.4) is 0 Å². The Kier molecular flexibility index (Phi) is 3.40. The number of rotatable bonds is 2. The number of fused-ring (bicyclic) bond motifs is 1. The van der Waals surface area contributed by atoms with Crippen molar-refractivity contribution in [1.82, 2.24) is 9.97 Å². The molecule has 2 rings (SSSR count). The Balaban J connectivity index is 2.60. The van der Waals surface area contributed by atoms with Crippen molar-refractivity contribution in [3.05, 3.63) is 35.1 Å². The molecule has 1 atom stereocenters. The van der Waals surface area contributed by atoms with E-state index in [1.54, 1.807) is 24.3 Å². The van der Waals surface area contributed by atoms with Crippen LogP contribution in [0.5, 0.6) is 0 Å². The number of halogens is 1. The predicted molar refractivity (Wildman–Crippen MR) is 64.9 cm³/mol. The first kappa shape index (κ1) is 12.3.